The number of nitrogens with zero attached hydrogens (tertiary/aromatic N) is 6. The Morgan fingerprint density at radius 3 is 1.09 bits per heavy atom. The summed E-state index contributed by atoms with van der Waals surface area (Å²) in [5, 5.41) is 7.11. The lowest BCUT2D eigenvalue weighted by atomic mass is 9.73. The largest absolute Gasteiger partial charge is 0.310 e. The summed E-state index contributed by atoms with van der Waals surface area (Å²) in [6.07, 6.45) is 0. The third-order valence-electron chi connectivity index (χ3n) is 14.0. The van der Waals surface area contributed by atoms with Crippen LogP contribution in [0.15, 0.2) is 180 Å². The first-order valence-electron chi connectivity index (χ1n) is 22.1. The van der Waals surface area contributed by atoms with Gasteiger partial charge in [0.2, 0.25) is 11.6 Å². The van der Waals surface area contributed by atoms with Gasteiger partial charge >= 0.3 is 0 Å². The van der Waals surface area contributed by atoms with E-state index in [1.807, 2.05) is 0 Å². The molecule has 3 aliphatic rings. The minimum atomic E-state index is -0.143. The van der Waals surface area contributed by atoms with Crippen LogP contribution in [0.1, 0.15) is 49.9 Å². The minimum absolute atomic E-state index is 0.143. The quantitative estimate of drug-likeness (QED) is 0.122. The summed E-state index contributed by atoms with van der Waals surface area (Å²) in [5.74, 6) is 0.488. The van der Waals surface area contributed by atoms with Crippen molar-refractivity contribution in [2.24, 2.45) is 9.98 Å². The van der Waals surface area contributed by atoms with Crippen LogP contribution in [0.25, 0.3) is 55.5 Å². The first kappa shape index (κ1) is 39.9. The Labute approximate surface area is 394 Å². The van der Waals surface area contributed by atoms with Gasteiger partial charge in [0.25, 0.3) is 0 Å². The minimum Gasteiger partial charge on any atom is -0.310 e. The van der Waals surface area contributed by atoms with E-state index < -0.39 is 0 Å². The number of hydrogen-bond acceptors (Lipinski definition) is 8. The van der Waals surface area contributed by atoms with Gasteiger partial charge in [-0.1, -0.05) is 149 Å². The summed E-state index contributed by atoms with van der Waals surface area (Å²) < 4.78 is 0. The number of aromatic nitrogens is 2. The first-order chi connectivity index (χ1) is 32.2. The number of isothiocyanates is 2. The molecule has 2 aliphatic heterocycles. The smallest absolute Gasteiger partial charge is 0.209 e. The summed E-state index contributed by atoms with van der Waals surface area (Å²) >= 11 is 10.2. The standard InChI is InChI=1S/C58H40N6S2/c1-57(2)42-13-5-9-17-46(42)63(47-18-10-6-14-43(47)57)38-27-21-35(22-28-38)40-31-25-37-26-32-41(52-50(37)51(40)53-54(52)62-56(60-34-66)55(61-53)59-33-65)36-23-29-39(30-24-36)64-48-19-11-7-15-44(48)58(3,4)45-16-8-12-20-49(45)64/h5-32H,1-4H3. The zero-order valence-electron chi connectivity index (χ0n) is 36.7. The molecule has 66 heavy (non-hydrogen) atoms. The van der Waals surface area contributed by atoms with Crippen molar-refractivity contribution >= 4 is 91.3 Å². The average molecular weight is 885 g/mol. The molecule has 6 nitrogen and oxygen atoms in total. The monoisotopic (exact) mass is 884 g/mol. The number of hydrogen-bond donors (Lipinski definition) is 0. The fourth-order valence-corrected chi connectivity index (χ4v) is 11.0. The van der Waals surface area contributed by atoms with Gasteiger partial charge in [-0.3, -0.25) is 0 Å². The predicted molar refractivity (Wildman–Crippen MR) is 278 cm³/mol. The van der Waals surface area contributed by atoms with Gasteiger partial charge in [0.1, 0.15) is 11.4 Å². The molecule has 1 aromatic heterocycles. The normalized spacial score (nSPS) is 14.2. The SMILES string of the molecule is CC1(C)c2ccccc2N(c2ccc(-c3ccc4ccc(-c5ccc(N6c7ccccc7C(C)(C)c7ccccc76)cc5)c5c4c3-c3nc(N=C=S)c(N=C=S)nc3-5)cc2)c2ccccc21. The van der Waals surface area contributed by atoms with E-state index in [1.165, 1.54) is 45.0 Å². The zero-order valence-corrected chi connectivity index (χ0v) is 38.3. The molecule has 3 heterocycles. The molecule has 12 rings (SSSR count). The summed E-state index contributed by atoms with van der Waals surface area (Å²) in [6.45, 7) is 9.25. The predicted octanol–water partition coefficient (Wildman–Crippen LogP) is 16.3. The van der Waals surface area contributed by atoms with Gasteiger partial charge in [0.15, 0.2) is 0 Å². The molecule has 0 amide bonds. The maximum absolute atomic E-state index is 5.15. The van der Waals surface area contributed by atoms with Crippen LogP contribution in [0.3, 0.4) is 0 Å². The summed E-state index contributed by atoms with van der Waals surface area (Å²) in [4.78, 5) is 23.7. The Hall–Kier alpha value is -7.70. The van der Waals surface area contributed by atoms with Gasteiger partial charge in [-0.2, -0.15) is 9.98 Å². The number of aliphatic imine (C=N–C) groups is 2. The highest BCUT2D eigenvalue weighted by molar-refractivity contribution is 7.78. The molecular formula is C58H40N6S2. The molecule has 9 aromatic rings. The van der Waals surface area contributed by atoms with Crippen molar-refractivity contribution in [3.05, 3.63) is 192 Å². The highest BCUT2D eigenvalue weighted by atomic mass is 32.1. The molecular weight excluding hydrogens is 845 g/mol. The lowest BCUT2D eigenvalue weighted by molar-refractivity contribution is 0.632. The zero-order chi connectivity index (χ0) is 44.9. The van der Waals surface area contributed by atoms with Crippen molar-refractivity contribution in [3.63, 3.8) is 0 Å². The van der Waals surface area contributed by atoms with E-state index in [0.29, 0.717) is 11.4 Å². The van der Waals surface area contributed by atoms with E-state index in [1.54, 1.807) is 0 Å². The number of anilines is 6. The van der Waals surface area contributed by atoms with Crippen LogP contribution in [0.4, 0.5) is 45.8 Å². The van der Waals surface area contributed by atoms with E-state index in [2.05, 4.69) is 228 Å². The number of benzene rings is 8. The van der Waals surface area contributed by atoms with Crippen molar-refractivity contribution in [3.8, 4) is 44.8 Å². The van der Waals surface area contributed by atoms with Gasteiger partial charge in [-0.15, -0.1) is 0 Å². The average Bonchev–Trinajstić information content (AvgIpc) is 3.67. The van der Waals surface area contributed by atoms with Crippen molar-refractivity contribution < 1.29 is 0 Å². The Morgan fingerprint density at radius 1 is 0.424 bits per heavy atom. The van der Waals surface area contributed by atoms with Gasteiger partial charge in [-0.25, -0.2) is 9.97 Å². The molecule has 0 unspecified atom stereocenters. The third-order valence-corrected chi connectivity index (χ3v) is 14.2. The van der Waals surface area contributed by atoms with Crippen LogP contribution < -0.4 is 9.80 Å². The number of para-hydroxylation sites is 4. The summed E-state index contributed by atoms with van der Waals surface area (Å²) in [5.41, 5.74) is 19.3. The molecule has 0 fully saturated rings. The maximum atomic E-state index is 5.15. The first-order valence-corrected chi connectivity index (χ1v) is 22.9. The molecule has 1 aliphatic carbocycles. The molecule has 0 atom stereocenters. The summed E-state index contributed by atoms with van der Waals surface area (Å²) in [7, 11) is 0. The van der Waals surface area contributed by atoms with E-state index in [4.69, 9.17) is 34.4 Å². The van der Waals surface area contributed by atoms with Crippen molar-refractivity contribution in [2.45, 2.75) is 38.5 Å². The van der Waals surface area contributed by atoms with Crippen LogP contribution >= 0.6 is 24.4 Å². The van der Waals surface area contributed by atoms with Crippen LogP contribution in [-0.4, -0.2) is 20.3 Å². The highest BCUT2D eigenvalue weighted by Gasteiger charge is 2.38. The lowest BCUT2D eigenvalue weighted by Crippen LogP contribution is -2.30. The van der Waals surface area contributed by atoms with E-state index in [0.717, 1.165) is 55.5 Å². The molecule has 0 saturated heterocycles. The number of fused-ring (bicyclic) bond motifs is 7. The van der Waals surface area contributed by atoms with Crippen LogP contribution in [0.2, 0.25) is 0 Å². The highest BCUT2D eigenvalue weighted by Crippen LogP contribution is 2.57. The fraction of sp³-hybridized carbons (Fsp3) is 0.103. The Kier molecular flexibility index (Phi) is 9.02. The maximum Gasteiger partial charge on any atom is 0.209 e. The fourth-order valence-electron chi connectivity index (χ4n) is 10.9. The Morgan fingerprint density at radius 2 is 0.758 bits per heavy atom. The van der Waals surface area contributed by atoms with Crippen molar-refractivity contribution in [2.75, 3.05) is 9.80 Å². The molecule has 0 bridgehead atoms. The second kappa shape index (κ2) is 14.9. The molecule has 8 heteroatoms. The van der Waals surface area contributed by atoms with Crippen molar-refractivity contribution in [1.29, 1.82) is 0 Å². The second-order valence-corrected chi connectivity index (χ2v) is 18.5. The van der Waals surface area contributed by atoms with Gasteiger partial charge in [0.05, 0.1) is 33.1 Å². The molecule has 8 aromatic carbocycles. The van der Waals surface area contributed by atoms with Crippen LogP contribution in [0, 0.1) is 0 Å². The lowest BCUT2D eigenvalue weighted by Gasteiger charge is -2.42. The van der Waals surface area contributed by atoms with Crippen molar-refractivity contribution in [1.82, 2.24) is 9.97 Å². The Balaban J connectivity index is 1.02. The van der Waals surface area contributed by atoms with Crippen LogP contribution in [-0.2, 0) is 10.8 Å². The molecule has 0 radical (unpaired) electrons. The van der Waals surface area contributed by atoms with E-state index >= 15 is 0 Å². The molecule has 0 N–H and O–H groups in total. The molecule has 0 saturated carbocycles. The topological polar surface area (TPSA) is 57.0 Å². The number of rotatable bonds is 6. The van der Waals surface area contributed by atoms with Gasteiger partial charge in [0, 0.05) is 38.7 Å². The summed E-state index contributed by atoms with van der Waals surface area (Å²) in [6, 6.07) is 61.4. The Bertz CT molecular complexity index is 3280. The number of thiocarbonyl (C=S) groups is 2. The molecule has 0 spiro atoms. The van der Waals surface area contributed by atoms with Crippen LogP contribution in [0.5, 0.6) is 0 Å². The van der Waals surface area contributed by atoms with Gasteiger partial charge in [-0.05, 0) is 123 Å². The third kappa shape index (κ3) is 5.80. The van der Waals surface area contributed by atoms with E-state index in [-0.39, 0.29) is 22.5 Å². The van der Waals surface area contributed by atoms with Gasteiger partial charge < -0.3 is 9.80 Å². The second-order valence-electron chi connectivity index (χ2n) is 18.1. The molecule has 314 valence electrons. The van der Waals surface area contributed by atoms with E-state index in [9.17, 15) is 0 Å².